The number of nitrogens with zero attached hydrogens (tertiary/aromatic N) is 1. The fourth-order valence-corrected chi connectivity index (χ4v) is 3.01. The van der Waals surface area contributed by atoms with E-state index in [9.17, 15) is 9.59 Å². The zero-order valence-corrected chi connectivity index (χ0v) is 11.7. The molecule has 0 bridgehead atoms. The van der Waals surface area contributed by atoms with Crippen LogP contribution in [0.25, 0.3) is 0 Å². The number of carbonyl (C=O) groups excluding carboxylic acids is 1. The van der Waals surface area contributed by atoms with Crippen LogP contribution in [-0.2, 0) is 9.59 Å². The van der Waals surface area contributed by atoms with Gasteiger partial charge in [-0.05, 0) is 31.0 Å². The molecule has 1 aromatic carbocycles. The van der Waals surface area contributed by atoms with Gasteiger partial charge in [-0.2, -0.15) is 0 Å². The highest BCUT2D eigenvalue weighted by molar-refractivity contribution is 9.10. The molecular weight excluding hydrogens is 312 g/mol. The van der Waals surface area contributed by atoms with Gasteiger partial charge >= 0.3 is 5.97 Å². The predicted molar refractivity (Wildman–Crippen MR) is 74.3 cm³/mol. The number of amides is 1. The van der Waals surface area contributed by atoms with E-state index in [1.807, 2.05) is 18.2 Å². The van der Waals surface area contributed by atoms with Crippen LogP contribution in [0.3, 0.4) is 0 Å². The van der Waals surface area contributed by atoms with Gasteiger partial charge in [0.25, 0.3) is 0 Å². The van der Waals surface area contributed by atoms with Gasteiger partial charge in [-0.3, -0.25) is 9.59 Å². The van der Waals surface area contributed by atoms with Gasteiger partial charge in [-0.25, -0.2) is 0 Å². The second kappa shape index (κ2) is 4.52. The topological polar surface area (TPSA) is 69.6 Å². The van der Waals surface area contributed by atoms with Crippen LogP contribution in [0.1, 0.15) is 12.8 Å². The molecular formula is C13H13BrN2O3. The summed E-state index contributed by atoms with van der Waals surface area (Å²) in [5.74, 6) is -1.08. The minimum absolute atomic E-state index is 0.00339. The van der Waals surface area contributed by atoms with Crippen LogP contribution in [0, 0.1) is 5.92 Å². The Labute approximate surface area is 118 Å². The highest BCUT2D eigenvalue weighted by Gasteiger charge is 2.42. The number of rotatable bonds is 2. The molecule has 1 saturated carbocycles. The third kappa shape index (κ3) is 2.10. The average Bonchev–Trinajstić information content (AvgIpc) is 2.29. The molecule has 3 rings (SSSR count). The predicted octanol–water partition coefficient (Wildman–Crippen LogP) is 2.07. The van der Waals surface area contributed by atoms with Crippen molar-refractivity contribution in [1.82, 2.24) is 0 Å². The molecule has 0 unspecified atom stereocenters. The number of halogens is 1. The Hall–Kier alpha value is -1.56. The molecule has 0 spiro atoms. The van der Waals surface area contributed by atoms with E-state index in [2.05, 4.69) is 21.2 Å². The molecule has 0 aromatic heterocycles. The van der Waals surface area contributed by atoms with E-state index >= 15 is 0 Å². The molecule has 1 aromatic rings. The fraction of sp³-hybridized carbons (Fsp3) is 0.385. The van der Waals surface area contributed by atoms with Gasteiger partial charge in [0.2, 0.25) is 5.91 Å². The van der Waals surface area contributed by atoms with Crippen LogP contribution in [0.2, 0.25) is 0 Å². The summed E-state index contributed by atoms with van der Waals surface area (Å²) < 4.78 is 0.949. The van der Waals surface area contributed by atoms with Crippen molar-refractivity contribution in [1.29, 1.82) is 0 Å². The first-order valence-electron chi connectivity index (χ1n) is 6.14. The molecule has 0 saturated heterocycles. The minimum Gasteiger partial charge on any atom is -0.481 e. The van der Waals surface area contributed by atoms with Crippen LogP contribution in [0.4, 0.5) is 11.4 Å². The number of aliphatic carboxylic acids is 1. The maximum absolute atomic E-state index is 12.1. The maximum Gasteiger partial charge on any atom is 0.306 e. The Bertz CT molecular complexity index is 555. The highest BCUT2D eigenvalue weighted by Crippen LogP contribution is 2.40. The third-order valence-corrected chi connectivity index (χ3v) is 4.24. The second-order valence-corrected chi connectivity index (χ2v) is 5.85. The summed E-state index contributed by atoms with van der Waals surface area (Å²) in [5, 5.41) is 12.0. The molecule has 1 fully saturated rings. The lowest BCUT2D eigenvalue weighted by Crippen LogP contribution is -2.53. The summed E-state index contributed by atoms with van der Waals surface area (Å²) in [6.45, 7) is 0.262. The van der Waals surface area contributed by atoms with Gasteiger partial charge in [0, 0.05) is 10.5 Å². The number of hydrogen-bond donors (Lipinski definition) is 2. The normalized spacial score (nSPS) is 25.3. The molecule has 6 heteroatoms. The molecule has 100 valence electrons. The van der Waals surface area contributed by atoms with Crippen LogP contribution >= 0.6 is 15.9 Å². The first-order valence-corrected chi connectivity index (χ1v) is 6.94. The molecule has 5 nitrogen and oxygen atoms in total. The van der Waals surface area contributed by atoms with E-state index < -0.39 is 5.97 Å². The van der Waals surface area contributed by atoms with Gasteiger partial charge in [-0.1, -0.05) is 15.9 Å². The zero-order chi connectivity index (χ0) is 13.6. The number of fused-ring (bicyclic) bond motifs is 1. The molecule has 1 aliphatic carbocycles. The number of carboxylic acid groups (broad SMARTS) is 1. The Morgan fingerprint density at radius 1 is 1.42 bits per heavy atom. The SMILES string of the molecule is O=C(O)C1CC(N2C(=O)CNc3cc(Br)ccc32)C1. The quantitative estimate of drug-likeness (QED) is 0.873. The Kier molecular flexibility index (Phi) is 2.97. The van der Waals surface area contributed by atoms with Crippen molar-refractivity contribution in [3.63, 3.8) is 0 Å². The number of carbonyl (C=O) groups is 2. The fourth-order valence-electron chi connectivity index (χ4n) is 2.65. The molecule has 2 aliphatic rings. The van der Waals surface area contributed by atoms with E-state index in [-0.39, 0.29) is 24.4 Å². The lowest BCUT2D eigenvalue weighted by Gasteiger charge is -2.43. The van der Waals surface area contributed by atoms with Crippen LogP contribution < -0.4 is 10.2 Å². The van der Waals surface area contributed by atoms with E-state index in [4.69, 9.17) is 5.11 Å². The Morgan fingerprint density at radius 3 is 2.84 bits per heavy atom. The Morgan fingerprint density at radius 2 is 2.16 bits per heavy atom. The Balaban J connectivity index is 1.86. The van der Waals surface area contributed by atoms with Crippen molar-refractivity contribution in [2.24, 2.45) is 5.92 Å². The molecule has 1 heterocycles. The van der Waals surface area contributed by atoms with Crippen LogP contribution in [0.5, 0.6) is 0 Å². The van der Waals surface area contributed by atoms with E-state index in [1.54, 1.807) is 4.90 Å². The van der Waals surface area contributed by atoms with Gasteiger partial charge < -0.3 is 15.3 Å². The third-order valence-electron chi connectivity index (χ3n) is 3.74. The molecule has 0 radical (unpaired) electrons. The summed E-state index contributed by atoms with van der Waals surface area (Å²) in [6.07, 6.45) is 1.08. The van der Waals surface area contributed by atoms with Crippen molar-refractivity contribution < 1.29 is 14.7 Å². The van der Waals surface area contributed by atoms with Gasteiger partial charge in [0.15, 0.2) is 0 Å². The van der Waals surface area contributed by atoms with Crippen LogP contribution in [-0.4, -0.2) is 29.6 Å². The van der Waals surface area contributed by atoms with Gasteiger partial charge in [-0.15, -0.1) is 0 Å². The van der Waals surface area contributed by atoms with E-state index in [0.717, 1.165) is 15.8 Å². The number of nitrogens with one attached hydrogen (secondary N) is 1. The van der Waals surface area contributed by atoms with Crippen molar-refractivity contribution in [2.75, 3.05) is 16.8 Å². The van der Waals surface area contributed by atoms with Gasteiger partial charge in [0.05, 0.1) is 23.8 Å². The van der Waals surface area contributed by atoms with Crippen molar-refractivity contribution in [3.8, 4) is 0 Å². The van der Waals surface area contributed by atoms with E-state index in [1.165, 1.54) is 0 Å². The molecule has 1 amide bonds. The van der Waals surface area contributed by atoms with Crippen molar-refractivity contribution in [2.45, 2.75) is 18.9 Å². The largest absolute Gasteiger partial charge is 0.481 e. The summed E-state index contributed by atoms with van der Waals surface area (Å²) in [4.78, 5) is 24.7. The van der Waals surface area contributed by atoms with Gasteiger partial charge in [0.1, 0.15) is 0 Å². The second-order valence-electron chi connectivity index (χ2n) is 4.94. The zero-order valence-electron chi connectivity index (χ0n) is 10.1. The summed E-state index contributed by atoms with van der Waals surface area (Å²) in [7, 11) is 0. The number of hydrogen-bond acceptors (Lipinski definition) is 3. The first-order chi connectivity index (χ1) is 9.06. The molecule has 1 aliphatic heterocycles. The van der Waals surface area contributed by atoms with E-state index in [0.29, 0.717) is 12.8 Å². The first kappa shape index (κ1) is 12.5. The smallest absolute Gasteiger partial charge is 0.306 e. The maximum atomic E-state index is 12.1. The molecule has 0 atom stereocenters. The minimum atomic E-state index is -0.769. The summed E-state index contributed by atoms with van der Waals surface area (Å²) in [6, 6.07) is 5.72. The average molecular weight is 325 g/mol. The number of benzene rings is 1. The standard InChI is InChI=1S/C13H13BrN2O3/c14-8-1-2-11-10(5-8)15-6-12(17)16(11)9-3-7(4-9)13(18)19/h1-2,5,7,9,15H,3-4,6H2,(H,18,19). The van der Waals surface area contributed by atoms with Crippen molar-refractivity contribution in [3.05, 3.63) is 22.7 Å². The van der Waals surface area contributed by atoms with Crippen molar-refractivity contribution >= 4 is 39.2 Å². The molecule has 2 N–H and O–H groups in total. The summed E-state index contributed by atoms with van der Waals surface area (Å²) in [5.41, 5.74) is 1.75. The lowest BCUT2D eigenvalue weighted by atomic mass is 9.79. The summed E-state index contributed by atoms with van der Waals surface area (Å²) >= 11 is 3.40. The number of carboxylic acids is 1. The molecule has 19 heavy (non-hydrogen) atoms. The number of anilines is 2. The highest BCUT2D eigenvalue weighted by atomic mass is 79.9. The lowest BCUT2D eigenvalue weighted by molar-refractivity contribution is -0.145. The van der Waals surface area contributed by atoms with Crippen LogP contribution in [0.15, 0.2) is 22.7 Å². The monoisotopic (exact) mass is 324 g/mol.